The van der Waals surface area contributed by atoms with Gasteiger partial charge in [0.15, 0.2) is 0 Å². The molecule has 2 amide bonds. The number of unbranched alkanes of at least 4 members (excludes halogenated alkanes) is 1. The van der Waals surface area contributed by atoms with E-state index in [9.17, 15) is 14.4 Å². The number of methoxy groups -OCH3 is 1. The van der Waals surface area contributed by atoms with Crippen molar-refractivity contribution in [2.45, 2.75) is 32.2 Å². The summed E-state index contributed by atoms with van der Waals surface area (Å²) in [7, 11) is 1.23. The van der Waals surface area contributed by atoms with Gasteiger partial charge in [0, 0.05) is 0 Å². The summed E-state index contributed by atoms with van der Waals surface area (Å²) in [6.45, 7) is 1.95. The number of ether oxygens (including phenoxy) is 1. The van der Waals surface area contributed by atoms with Crippen LogP contribution in [0.2, 0.25) is 10.0 Å². The molecule has 1 aliphatic heterocycles. The Balaban J connectivity index is 2.42. The number of amides is 2. The number of hydrogen-bond acceptors (Lipinski definition) is 4. The predicted octanol–water partition coefficient (Wildman–Crippen LogP) is 3.32. The summed E-state index contributed by atoms with van der Waals surface area (Å²) in [6, 6.07) is 1.77. The SMILES string of the molecule is CCCC[C@@H](C(=O)OC)N1C(=O)c2cc(Cl)c(Cl)cc2C1=O. The van der Waals surface area contributed by atoms with Crippen molar-refractivity contribution in [2.24, 2.45) is 0 Å². The van der Waals surface area contributed by atoms with Gasteiger partial charge in [-0.15, -0.1) is 0 Å². The number of esters is 1. The van der Waals surface area contributed by atoms with Crippen LogP contribution >= 0.6 is 23.2 Å². The van der Waals surface area contributed by atoms with Gasteiger partial charge in [-0.3, -0.25) is 14.5 Å². The molecule has 1 heterocycles. The quantitative estimate of drug-likeness (QED) is 0.607. The second-order valence-corrected chi connectivity index (χ2v) is 5.79. The molecule has 1 aromatic rings. The average Bonchev–Trinajstić information content (AvgIpc) is 2.72. The monoisotopic (exact) mass is 343 g/mol. The molecule has 0 aromatic heterocycles. The number of rotatable bonds is 5. The van der Waals surface area contributed by atoms with Gasteiger partial charge in [-0.2, -0.15) is 0 Å². The van der Waals surface area contributed by atoms with Gasteiger partial charge in [0.25, 0.3) is 11.8 Å². The van der Waals surface area contributed by atoms with E-state index >= 15 is 0 Å². The molecule has 0 unspecified atom stereocenters. The first-order valence-electron chi connectivity index (χ1n) is 6.87. The van der Waals surface area contributed by atoms with E-state index in [0.717, 1.165) is 11.3 Å². The Labute approximate surface area is 138 Å². The molecule has 5 nitrogen and oxygen atoms in total. The van der Waals surface area contributed by atoms with Crippen LogP contribution in [0.15, 0.2) is 12.1 Å². The van der Waals surface area contributed by atoms with Crippen LogP contribution in [0.4, 0.5) is 0 Å². The van der Waals surface area contributed by atoms with Crippen molar-refractivity contribution in [1.82, 2.24) is 4.90 Å². The van der Waals surface area contributed by atoms with Crippen LogP contribution in [0.25, 0.3) is 0 Å². The number of fused-ring (bicyclic) bond motifs is 1. The van der Waals surface area contributed by atoms with E-state index in [1.165, 1.54) is 19.2 Å². The summed E-state index contributed by atoms with van der Waals surface area (Å²) in [6.07, 6.45) is 1.87. The van der Waals surface area contributed by atoms with E-state index in [2.05, 4.69) is 0 Å². The minimum absolute atomic E-state index is 0.157. The van der Waals surface area contributed by atoms with Crippen molar-refractivity contribution in [3.63, 3.8) is 0 Å². The van der Waals surface area contributed by atoms with Gasteiger partial charge in [0.2, 0.25) is 0 Å². The molecule has 1 atom stereocenters. The molecule has 0 fully saturated rings. The predicted molar refractivity (Wildman–Crippen MR) is 82.3 cm³/mol. The van der Waals surface area contributed by atoms with Crippen molar-refractivity contribution in [3.8, 4) is 0 Å². The Hall–Kier alpha value is -1.59. The van der Waals surface area contributed by atoms with Crippen LogP contribution in [-0.4, -0.2) is 35.8 Å². The summed E-state index contributed by atoms with van der Waals surface area (Å²) >= 11 is 11.8. The van der Waals surface area contributed by atoms with E-state index in [0.29, 0.717) is 12.8 Å². The summed E-state index contributed by atoms with van der Waals surface area (Å²) in [5.74, 6) is -1.71. The molecule has 0 N–H and O–H groups in total. The van der Waals surface area contributed by atoms with Gasteiger partial charge in [0.05, 0.1) is 28.3 Å². The van der Waals surface area contributed by atoms with Crippen molar-refractivity contribution < 1.29 is 19.1 Å². The highest BCUT2D eigenvalue weighted by atomic mass is 35.5. The number of nitrogens with zero attached hydrogens (tertiary/aromatic N) is 1. The molecule has 1 aromatic carbocycles. The maximum Gasteiger partial charge on any atom is 0.329 e. The molecule has 2 rings (SSSR count). The normalized spacial score (nSPS) is 15.0. The molecule has 0 saturated carbocycles. The van der Waals surface area contributed by atoms with Crippen LogP contribution in [-0.2, 0) is 9.53 Å². The van der Waals surface area contributed by atoms with Crippen molar-refractivity contribution in [3.05, 3.63) is 33.3 Å². The van der Waals surface area contributed by atoms with Crippen LogP contribution < -0.4 is 0 Å². The zero-order chi connectivity index (χ0) is 16.4. The van der Waals surface area contributed by atoms with E-state index < -0.39 is 23.8 Å². The maximum absolute atomic E-state index is 12.5. The van der Waals surface area contributed by atoms with Crippen LogP contribution in [0, 0.1) is 0 Å². The van der Waals surface area contributed by atoms with Crippen LogP contribution in [0.5, 0.6) is 0 Å². The van der Waals surface area contributed by atoms with Gasteiger partial charge in [-0.05, 0) is 18.6 Å². The van der Waals surface area contributed by atoms with Gasteiger partial charge in [-0.25, -0.2) is 4.79 Å². The number of carbonyl (C=O) groups excluding carboxylic acids is 3. The smallest absolute Gasteiger partial charge is 0.329 e. The summed E-state index contributed by atoms with van der Waals surface area (Å²) in [5, 5.41) is 0.373. The fraction of sp³-hybridized carbons (Fsp3) is 0.400. The largest absolute Gasteiger partial charge is 0.467 e. The molecule has 0 bridgehead atoms. The second kappa shape index (κ2) is 6.67. The first-order valence-corrected chi connectivity index (χ1v) is 7.62. The van der Waals surface area contributed by atoms with E-state index in [1.54, 1.807) is 0 Å². The van der Waals surface area contributed by atoms with Gasteiger partial charge >= 0.3 is 5.97 Å². The molecule has 1 aliphatic rings. The minimum atomic E-state index is -0.935. The Bertz CT molecular complexity index is 604. The summed E-state index contributed by atoms with van der Waals surface area (Å²) < 4.78 is 4.73. The molecule has 7 heteroatoms. The minimum Gasteiger partial charge on any atom is -0.467 e. The van der Waals surface area contributed by atoms with Crippen molar-refractivity contribution >= 4 is 41.0 Å². The number of benzene rings is 1. The Morgan fingerprint density at radius 3 is 2.09 bits per heavy atom. The third-order valence-corrected chi connectivity index (χ3v) is 4.30. The highest BCUT2D eigenvalue weighted by Gasteiger charge is 2.43. The maximum atomic E-state index is 12.5. The number of hydrogen-bond donors (Lipinski definition) is 0. The molecular formula is C15H15Cl2NO4. The van der Waals surface area contributed by atoms with E-state index in [4.69, 9.17) is 27.9 Å². The molecule has 22 heavy (non-hydrogen) atoms. The second-order valence-electron chi connectivity index (χ2n) is 4.97. The highest BCUT2D eigenvalue weighted by molar-refractivity contribution is 6.43. The standard InChI is InChI=1S/C15H15Cl2NO4/c1-3-4-5-12(15(21)22-2)18-13(19)8-6-10(16)11(17)7-9(8)14(18)20/h6-7,12H,3-5H2,1-2H3/t12-/m0/s1. The van der Waals surface area contributed by atoms with Gasteiger partial charge < -0.3 is 4.74 Å². The first kappa shape index (κ1) is 16.8. The third-order valence-electron chi connectivity index (χ3n) is 3.57. The molecule has 0 spiro atoms. The Morgan fingerprint density at radius 2 is 1.68 bits per heavy atom. The van der Waals surface area contributed by atoms with E-state index in [1.807, 2.05) is 6.92 Å². The number of halogens is 2. The number of carbonyl (C=O) groups is 3. The Kier molecular flexibility index (Phi) is 5.08. The fourth-order valence-corrected chi connectivity index (χ4v) is 2.75. The summed E-state index contributed by atoms with van der Waals surface area (Å²) in [5.41, 5.74) is 0.314. The summed E-state index contributed by atoms with van der Waals surface area (Å²) in [4.78, 5) is 37.9. The molecule has 0 radical (unpaired) electrons. The van der Waals surface area contributed by atoms with Crippen molar-refractivity contribution in [1.29, 1.82) is 0 Å². The lowest BCUT2D eigenvalue weighted by molar-refractivity contribution is -0.145. The zero-order valence-corrected chi connectivity index (χ0v) is 13.7. The van der Waals surface area contributed by atoms with Gasteiger partial charge in [-0.1, -0.05) is 43.0 Å². The third kappa shape index (κ3) is 2.83. The molecule has 118 valence electrons. The molecule has 0 saturated heterocycles. The fourth-order valence-electron chi connectivity index (χ4n) is 2.42. The Morgan fingerprint density at radius 1 is 1.18 bits per heavy atom. The van der Waals surface area contributed by atoms with Crippen LogP contribution in [0.3, 0.4) is 0 Å². The average molecular weight is 344 g/mol. The number of imide groups is 1. The lowest BCUT2D eigenvalue weighted by atomic mass is 10.1. The molecular weight excluding hydrogens is 329 g/mol. The topological polar surface area (TPSA) is 63.7 Å². The first-order chi connectivity index (χ1) is 10.4. The molecule has 0 aliphatic carbocycles. The highest BCUT2D eigenvalue weighted by Crippen LogP contribution is 2.33. The van der Waals surface area contributed by atoms with Gasteiger partial charge in [0.1, 0.15) is 6.04 Å². The zero-order valence-electron chi connectivity index (χ0n) is 12.2. The lowest BCUT2D eigenvalue weighted by Crippen LogP contribution is -2.45. The van der Waals surface area contributed by atoms with E-state index in [-0.39, 0.29) is 21.2 Å². The lowest BCUT2D eigenvalue weighted by Gasteiger charge is -2.23. The van der Waals surface area contributed by atoms with Crippen molar-refractivity contribution in [2.75, 3.05) is 7.11 Å². The van der Waals surface area contributed by atoms with Crippen LogP contribution in [0.1, 0.15) is 46.9 Å².